The molecule has 0 saturated heterocycles. The van der Waals surface area contributed by atoms with Gasteiger partial charge in [-0.3, -0.25) is 4.79 Å². The minimum absolute atomic E-state index is 0.00958. The molecule has 0 bridgehead atoms. The number of carbonyl (C=O) groups is 1. The Morgan fingerprint density at radius 2 is 2.60 bits per heavy atom. The standard InChI is InChI=1S/C7H12NO2/c8-5-7(9)10-6-3-1-2-4-6/h3,6H,1-2,4-5,8H2. The number of hydrogen-bond acceptors (Lipinski definition) is 3. The van der Waals surface area contributed by atoms with Crippen LogP contribution in [-0.4, -0.2) is 18.6 Å². The van der Waals surface area contributed by atoms with Crippen LogP contribution in [0, 0.1) is 6.42 Å². The van der Waals surface area contributed by atoms with E-state index in [0.29, 0.717) is 0 Å². The molecule has 0 amide bonds. The van der Waals surface area contributed by atoms with Gasteiger partial charge >= 0.3 is 5.97 Å². The predicted octanol–water partition coefficient (Wildman–Crippen LogP) is 0.245. The summed E-state index contributed by atoms with van der Waals surface area (Å²) in [5, 5.41) is 0. The Labute approximate surface area is 60.5 Å². The van der Waals surface area contributed by atoms with Crippen LogP contribution in [0.4, 0.5) is 0 Å². The molecule has 1 unspecified atom stereocenters. The summed E-state index contributed by atoms with van der Waals surface area (Å²) < 4.78 is 4.94. The molecule has 1 aliphatic rings. The molecule has 1 saturated carbocycles. The van der Waals surface area contributed by atoms with Gasteiger partial charge in [0, 0.05) is 6.42 Å². The third-order valence-corrected chi connectivity index (χ3v) is 1.57. The number of ether oxygens (including phenoxy) is 1. The van der Waals surface area contributed by atoms with E-state index in [0.717, 1.165) is 19.3 Å². The first kappa shape index (κ1) is 7.54. The third-order valence-electron chi connectivity index (χ3n) is 1.57. The summed E-state index contributed by atoms with van der Waals surface area (Å²) in [5.74, 6) is -0.303. The second-order valence-electron chi connectivity index (χ2n) is 2.40. The van der Waals surface area contributed by atoms with Crippen LogP contribution in [0.1, 0.15) is 19.3 Å². The number of esters is 1. The lowest BCUT2D eigenvalue weighted by Crippen LogP contribution is -2.22. The minimum atomic E-state index is -0.303. The minimum Gasteiger partial charge on any atom is -0.461 e. The molecular weight excluding hydrogens is 130 g/mol. The van der Waals surface area contributed by atoms with E-state index >= 15 is 0 Å². The molecule has 3 nitrogen and oxygen atoms in total. The molecule has 2 N–H and O–H groups in total. The second kappa shape index (κ2) is 3.56. The van der Waals surface area contributed by atoms with Gasteiger partial charge in [-0.15, -0.1) is 0 Å². The molecule has 1 atom stereocenters. The average Bonchev–Trinajstić information content (AvgIpc) is 2.40. The molecule has 0 aliphatic heterocycles. The Bertz CT molecular complexity index is 119. The van der Waals surface area contributed by atoms with Crippen LogP contribution in [0.3, 0.4) is 0 Å². The predicted molar refractivity (Wildman–Crippen MR) is 37.1 cm³/mol. The highest BCUT2D eigenvalue weighted by Crippen LogP contribution is 2.19. The normalized spacial score (nSPS) is 19.3. The molecule has 0 heterocycles. The van der Waals surface area contributed by atoms with Crippen molar-refractivity contribution in [3.63, 3.8) is 0 Å². The second-order valence-corrected chi connectivity index (χ2v) is 2.40. The highest BCUT2D eigenvalue weighted by Gasteiger charge is 2.18. The maximum atomic E-state index is 10.6. The highest BCUT2D eigenvalue weighted by molar-refractivity contribution is 5.71. The topological polar surface area (TPSA) is 52.3 Å². The van der Waals surface area contributed by atoms with Crippen LogP contribution in [0.15, 0.2) is 0 Å². The first-order valence-electron chi connectivity index (χ1n) is 3.56. The monoisotopic (exact) mass is 142 g/mol. The number of carbonyl (C=O) groups excluding carboxylic acids is 1. The fourth-order valence-corrected chi connectivity index (χ4v) is 1.06. The van der Waals surface area contributed by atoms with E-state index in [9.17, 15) is 4.79 Å². The summed E-state index contributed by atoms with van der Waals surface area (Å²) in [6.45, 7) is -0.00958. The Morgan fingerprint density at radius 3 is 3.10 bits per heavy atom. The van der Waals surface area contributed by atoms with Gasteiger partial charge in [-0.05, 0) is 19.3 Å². The van der Waals surface area contributed by atoms with Gasteiger partial charge in [0.05, 0.1) is 6.54 Å². The molecule has 1 rings (SSSR count). The van der Waals surface area contributed by atoms with Gasteiger partial charge in [0.2, 0.25) is 0 Å². The average molecular weight is 142 g/mol. The molecule has 3 heteroatoms. The van der Waals surface area contributed by atoms with Crippen LogP contribution in [-0.2, 0) is 9.53 Å². The molecule has 1 radical (unpaired) electrons. The maximum Gasteiger partial charge on any atom is 0.319 e. The first-order chi connectivity index (χ1) is 4.83. The summed E-state index contributed by atoms with van der Waals surface area (Å²) in [5.41, 5.74) is 5.06. The van der Waals surface area contributed by atoms with Crippen LogP contribution in [0.5, 0.6) is 0 Å². The Hall–Kier alpha value is -0.570. The molecule has 10 heavy (non-hydrogen) atoms. The van der Waals surface area contributed by atoms with Gasteiger partial charge in [0.25, 0.3) is 0 Å². The Kier molecular flexibility index (Phi) is 2.68. The number of hydrogen-bond donors (Lipinski definition) is 1. The van der Waals surface area contributed by atoms with Crippen molar-refractivity contribution in [3.8, 4) is 0 Å². The summed E-state index contributed by atoms with van der Waals surface area (Å²) >= 11 is 0. The zero-order valence-electron chi connectivity index (χ0n) is 5.88. The van der Waals surface area contributed by atoms with Crippen LogP contribution >= 0.6 is 0 Å². The number of rotatable bonds is 2. The Morgan fingerprint density at radius 1 is 1.80 bits per heavy atom. The van der Waals surface area contributed by atoms with Crippen molar-refractivity contribution in [1.82, 2.24) is 0 Å². The molecule has 0 aromatic heterocycles. The van der Waals surface area contributed by atoms with E-state index in [-0.39, 0.29) is 18.6 Å². The molecule has 0 spiro atoms. The third kappa shape index (κ3) is 1.99. The van der Waals surface area contributed by atoms with E-state index in [1.165, 1.54) is 0 Å². The summed E-state index contributed by atoms with van der Waals surface area (Å²) in [7, 11) is 0. The number of nitrogens with two attached hydrogens (primary N) is 1. The van der Waals surface area contributed by atoms with Crippen molar-refractivity contribution in [2.75, 3.05) is 6.54 Å². The van der Waals surface area contributed by atoms with Crippen molar-refractivity contribution in [3.05, 3.63) is 6.42 Å². The quantitative estimate of drug-likeness (QED) is 0.562. The largest absolute Gasteiger partial charge is 0.461 e. The molecule has 57 valence electrons. The summed E-state index contributed by atoms with van der Waals surface area (Å²) in [4.78, 5) is 10.6. The molecule has 0 aromatic rings. The van der Waals surface area contributed by atoms with Crippen LogP contribution in [0.25, 0.3) is 0 Å². The highest BCUT2D eigenvalue weighted by atomic mass is 16.5. The van der Waals surface area contributed by atoms with E-state index in [4.69, 9.17) is 10.5 Å². The van der Waals surface area contributed by atoms with E-state index in [1.54, 1.807) is 0 Å². The first-order valence-corrected chi connectivity index (χ1v) is 3.56. The molecule has 0 aromatic carbocycles. The Balaban J connectivity index is 2.17. The smallest absolute Gasteiger partial charge is 0.319 e. The van der Waals surface area contributed by atoms with Crippen LogP contribution < -0.4 is 5.73 Å². The lowest BCUT2D eigenvalue weighted by molar-refractivity contribution is -0.145. The lowest BCUT2D eigenvalue weighted by Gasteiger charge is -2.08. The van der Waals surface area contributed by atoms with Crippen molar-refractivity contribution in [2.24, 2.45) is 5.73 Å². The van der Waals surface area contributed by atoms with E-state index in [2.05, 4.69) is 0 Å². The lowest BCUT2D eigenvalue weighted by atomic mass is 10.3. The zero-order valence-corrected chi connectivity index (χ0v) is 5.88. The van der Waals surface area contributed by atoms with Crippen LogP contribution in [0.2, 0.25) is 0 Å². The SMILES string of the molecule is NCC(=O)OC1[CH]CCC1. The van der Waals surface area contributed by atoms with Gasteiger partial charge in [0.15, 0.2) is 0 Å². The van der Waals surface area contributed by atoms with Crippen molar-refractivity contribution in [2.45, 2.75) is 25.4 Å². The fraction of sp³-hybridized carbons (Fsp3) is 0.714. The molecular formula is C7H12NO2. The maximum absolute atomic E-state index is 10.6. The van der Waals surface area contributed by atoms with Gasteiger partial charge < -0.3 is 10.5 Å². The van der Waals surface area contributed by atoms with Crippen molar-refractivity contribution < 1.29 is 9.53 Å². The van der Waals surface area contributed by atoms with Gasteiger partial charge in [0.1, 0.15) is 6.10 Å². The van der Waals surface area contributed by atoms with Crippen molar-refractivity contribution >= 4 is 5.97 Å². The summed E-state index contributed by atoms with van der Waals surface area (Å²) in [6, 6.07) is 0. The molecule has 1 fully saturated rings. The van der Waals surface area contributed by atoms with E-state index in [1.807, 2.05) is 6.42 Å². The van der Waals surface area contributed by atoms with Gasteiger partial charge in [-0.1, -0.05) is 0 Å². The van der Waals surface area contributed by atoms with Gasteiger partial charge in [-0.2, -0.15) is 0 Å². The molecule has 1 aliphatic carbocycles. The zero-order chi connectivity index (χ0) is 7.40. The summed E-state index contributed by atoms with van der Waals surface area (Å²) in [6.07, 6.45) is 5.21. The fourth-order valence-electron chi connectivity index (χ4n) is 1.06. The van der Waals surface area contributed by atoms with E-state index < -0.39 is 0 Å². The van der Waals surface area contributed by atoms with Crippen molar-refractivity contribution in [1.29, 1.82) is 0 Å². The van der Waals surface area contributed by atoms with Gasteiger partial charge in [-0.25, -0.2) is 0 Å².